The van der Waals surface area contributed by atoms with Gasteiger partial charge in [0.2, 0.25) is 0 Å². The Morgan fingerprint density at radius 1 is 1.21 bits per heavy atom. The van der Waals surface area contributed by atoms with Gasteiger partial charge < -0.3 is 5.32 Å². The average Bonchev–Trinajstić information content (AvgIpc) is 3.30. The summed E-state index contributed by atoms with van der Waals surface area (Å²) in [5, 5.41) is 3.71. The maximum absolute atomic E-state index is 3.71. The minimum absolute atomic E-state index is 0.572. The van der Waals surface area contributed by atoms with Gasteiger partial charge in [0.05, 0.1) is 0 Å². The Balaban J connectivity index is 1.68. The zero-order chi connectivity index (χ0) is 13.1. The van der Waals surface area contributed by atoms with Crippen LogP contribution in [0, 0.1) is 5.92 Å². The Labute approximate surface area is 117 Å². The van der Waals surface area contributed by atoms with Crippen molar-refractivity contribution in [3.05, 3.63) is 35.9 Å². The number of piperazine rings is 1. The Morgan fingerprint density at radius 3 is 2.68 bits per heavy atom. The van der Waals surface area contributed by atoms with E-state index in [1.54, 1.807) is 0 Å². The van der Waals surface area contributed by atoms with E-state index >= 15 is 0 Å². The van der Waals surface area contributed by atoms with Gasteiger partial charge >= 0.3 is 0 Å². The molecule has 1 heterocycles. The van der Waals surface area contributed by atoms with Crippen LogP contribution in [0.5, 0.6) is 0 Å². The van der Waals surface area contributed by atoms with E-state index in [4.69, 9.17) is 0 Å². The lowest BCUT2D eigenvalue weighted by Gasteiger charge is -2.40. The third kappa shape index (κ3) is 3.37. The summed E-state index contributed by atoms with van der Waals surface area (Å²) in [7, 11) is 0. The lowest BCUT2D eigenvalue weighted by molar-refractivity contribution is 0.125. The van der Waals surface area contributed by atoms with Crippen LogP contribution < -0.4 is 5.32 Å². The normalized spacial score (nSPS) is 28.5. The van der Waals surface area contributed by atoms with Gasteiger partial charge in [0.1, 0.15) is 0 Å². The standard InChI is InChI=1S/C17H26N2/c1-2-16-13-19(11-10-14-8-9-14)17(12-18-16)15-6-4-3-5-7-15/h3-7,14,16-18H,2,8-13H2,1H3. The Kier molecular flexibility index (Phi) is 4.19. The van der Waals surface area contributed by atoms with E-state index in [9.17, 15) is 0 Å². The third-order valence-electron chi connectivity index (χ3n) is 4.69. The van der Waals surface area contributed by atoms with Crippen molar-refractivity contribution in [2.75, 3.05) is 19.6 Å². The largest absolute Gasteiger partial charge is 0.311 e. The lowest BCUT2D eigenvalue weighted by Crippen LogP contribution is -2.52. The van der Waals surface area contributed by atoms with E-state index in [2.05, 4.69) is 47.5 Å². The summed E-state index contributed by atoms with van der Waals surface area (Å²) in [6.45, 7) is 5.89. The predicted octanol–water partition coefficient (Wildman–Crippen LogP) is 3.21. The predicted molar refractivity (Wildman–Crippen MR) is 80.2 cm³/mol. The van der Waals surface area contributed by atoms with Gasteiger partial charge in [-0.1, -0.05) is 50.1 Å². The highest BCUT2D eigenvalue weighted by Gasteiger charge is 2.29. The van der Waals surface area contributed by atoms with Gasteiger partial charge in [0.25, 0.3) is 0 Å². The van der Waals surface area contributed by atoms with Crippen molar-refractivity contribution in [1.82, 2.24) is 10.2 Å². The second-order valence-electron chi connectivity index (χ2n) is 6.17. The quantitative estimate of drug-likeness (QED) is 0.872. The van der Waals surface area contributed by atoms with Crippen molar-refractivity contribution in [3.63, 3.8) is 0 Å². The molecule has 1 N–H and O–H groups in total. The van der Waals surface area contributed by atoms with E-state index in [1.165, 1.54) is 44.3 Å². The summed E-state index contributed by atoms with van der Waals surface area (Å²) in [5.74, 6) is 1.03. The monoisotopic (exact) mass is 258 g/mol. The van der Waals surface area contributed by atoms with Gasteiger partial charge in [0, 0.05) is 25.2 Å². The highest BCUT2D eigenvalue weighted by molar-refractivity contribution is 5.20. The van der Waals surface area contributed by atoms with Gasteiger partial charge in [-0.25, -0.2) is 0 Å². The van der Waals surface area contributed by atoms with Crippen molar-refractivity contribution in [1.29, 1.82) is 0 Å². The molecule has 1 saturated carbocycles. The fourth-order valence-electron chi connectivity index (χ4n) is 3.16. The van der Waals surface area contributed by atoms with Crippen molar-refractivity contribution < 1.29 is 0 Å². The highest BCUT2D eigenvalue weighted by atomic mass is 15.2. The summed E-state index contributed by atoms with van der Waals surface area (Å²) in [6.07, 6.45) is 5.58. The molecule has 0 aromatic heterocycles. The number of rotatable bonds is 5. The number of nitrogens with one attached hydrogen (secondary N) is 1. The molecule has 0 spiro atoms. The van der Waals surface area contributed by atoms with Crippen LogP contribution >= 0.6 is 0 Å². The molecule has 1 aromatic rings. The summed E-state index contributed by atoms with van der Waals surface area (Å²) < 4.78 is 0. The first-order valence-electron chi connectivity index (χ1n) is 7.89. The average molecular weight is 258 g/mol. The van der Waals surface area contributed by atoms with Gasteiger partial charge in [-0.05, 0) is 30.9 Å². The zero-order valence-electron chi connectivity index (χ0n) is 12.0. The van der Waals surface area contributed by atoms with E-state index in [0.29, 0.717) is 12.1 Å². The Bertz CT molecular complexity index is 386. The molecule has 19 heavy (non-hydrogen) atoms. The minimum Gasteiger partial charge on any atom is -0.311 e. The molecule has 2 aliphatic rings. The molecule has 3 rings (SSSR count). The Morgan fingerprint density at radius 2 is 2.00 bits per heavy atom. The minimum atomic E-state index is 0.572. The number of nitrogens with zero attached hydrogens (tertiary/aromatic N) is 1. The molecule has 0 bridgehead atoms. The molecule has 104 valence electrons. The van der Waals surface area contributed by atoms with E-state index in [1.807, 2.05) is 0 Å². The van der Waals surface area contributed by atoms with Gasteiger partial charge in [-0.2, -0.15) is 0 Å². The van der Waals surface area contributed by atoms with Crippen LogP contribution in [0.2, 0.25) is 0 Å². The van der Waals surface area contributed by atoms with Crippen LogP contribution in [0.3, 0.4) is 0 Å². The molecular formula is C17H26N2. The smallest absolute Gasteiger partial charge is 0.0473 e. The first-order valence-corrected chi connectivity index (χ1v) is 7.89. The lowest BCUT2D eigenvalue weighted by atomic mass is 9.99. The van der Waals surface area contributed by atoms with Crippen LogP contribution in [0.4, 0.5) is 0 Å². The molecule has 1 aromatic carbocycles. The molecule has 1 aliphatic heterocycles. The van der Waals surface area contributed by atoms with Crippen molar-refractivity contribution in [3.8, 4) is 0 Å². The van der Waals surface area contributed by atoms with Crippen molar-refractivity contribution >= 4 is 0 Å². The highest BCUT2D eigenvalue weighted by Crippen LogP contribution is 2.34. The molecule has 1 saturated heterocycles. The second-order valence-corrected chi connectivity index (χ2v) is 6.17. The Hall–Kier alpha value is -0.860. The molecule has 1 aliphatic carbocycles. The summed E-state index contributed by atoms with van der Waals surface area (Å²) in [6, 6.07) is 12.3. The van der Waals surface area contributed by atoms with Gasteiger partial charge in [0.15, 0.2) is 0 Å². The number of benzene rings is 1. The second kappa shape index (κ2) is 6.06. The molecule has 2 fully saturated rings. The molecular weight excluding hydrogens is 232 g/mol. The SMILES string of the molecule is CCC1CN(CCC2CC2)C(c2ccccc2)CN1. The van der Waals surface area contributed by atoms with Gasteiger partial charge in [-0.3, -0.25) is 4.90 Å². The fourth-order valence-corrected chi connectivity index (χ4v) is 3.16. The first kappa shape index (κ1) is 13.1. The van der Waals surface area contributed by atoms with Crippen LogP contribution in [-0.2, 0) is 0 Å². The van der Waals surface area contributed by atoms with Crippen LogP contribution in [0.1, 0.15) is 44.2 Å². The van der Waals surface area contributed by atoms with E-state index < -0.39 is 0 Å². The van der Waals surface area contributed by atoms with Gasteiger partial charge in [-0.15, -0.1) is 0 Å². The van der Waals surface area contributed by atoms with E-state index in [0.717, 1.165) is 12.5 Å². The van der Waals surface area contributed by atoms with E-state index in [-0.39, 0.29) is 0 Å². The summed E-state index contributed by atoms with van der Waals surface area (Å²) in [4.78, 5) is 2.72. The first-order chi connectivity index (χ1) is 9.36. The van der Waals surface area contributed by atoms with Crippen LogP contribution in [0.15, 0.2) is 30.3 Å². The molecule has 2 heteroatoms. The summed E-state index contributed by atoms with van der Waals surface area (Å²) >= 11 is 0. The zero-order valence-corrected chi connectivity index (χ0v) is 12.0. The number of hydrogen-bond acceptors (Lipinski definition) is 2. The van der Waals surface area contributed by atoms with Crippen LogP contribution in [0.25, 0.3) is 0 Å². The molecule has 2 unspecified atom stereocenters. The maximum Gasteiger partial charge on any atom is 0.0473 e. The topological polar surface area (TPSA) is 15.3 Å². The molecule has 2 atom stereocenters. The molecule has 0 amide bonds. The maximum atomic E-state index is 3.71. The molecule has 0 radical (unpaired) electrons. The summed E-state index contributed by atoms with van der Waals surface area (Å²) in [5.41, 5.74) is 1.47. The van der Waals surface area contributed by atoms with Crippen molar-refractivity contribution in [2.45, 2.75) is 44.7 Å². The third-order valence-corrected chi connectivity index (χ3v) is 4.69. The van der Waals surface area contributed by atoms with Crippen molar-refractivity contribution in [2.24, 2.45) is 5.92 Å². The molecule has 2 nitrogen and oxygen atoms in total. The number of hydrogen-bond donors (Lipinski definition) is 1. The fraction of sp³-hybridized carbons (Fsp3) is 0.647. The van der Waals surface area contributed by atoms with Crippen LogP contribution in [-0.4, -0.2) is 30.6 Å².